The molecule has 0 aliphatic rings. The van der Waals surface area contributed by atoms with Gasteiger partial charge in [-0.05, 0) is 54.9 Å². The fourth-order valence-corrected chi connectivity index (χ4v) is 2.29. The Labute approximate surface area is 156 Å². The van der Waals surface area contributed by atoms with E-state index in [1.54, 1.807) is 14.2 Å². The zero-order valence-corrected chi connectivity index (χ0v) is 15.0. The molecule has 0 spiro atoms. The molecule has 0 saturated heterocycles. The van der Waals surface area contributed by atoms with E-state index in [2.05, 4.69) is 22.4 Å². The Balaban J connectivity index is 0.000000449. The molecule has 136 valence electrons. The van der Waals surface area contributed by atoms with Gasteiger partial charge in [0.2, 0.25) is 0 Å². The second kappa shape index (κ2) is 14.2. The van der Waals surface area contributed by atoms with Crippen molar-refractivity contribution in [1.82, 2.24) is 0 Å². The van der Waals surface area contributed by atoms with Crippen LogP contribution in [-0.2, 0) is 12.8 Å². The van der Waals surface area contributed by atoms with Crippen molar-refractivity contribution in [3.8, 4) is 11.5 Å². The Morgan fingerprint density at radius 1 is 0.920 bits per heavy atom. The lowest BCUT2D eigenvalue weighted by Gasteiger charge is -2.05. The lowest BCUT2D eigenvalue weighted by atomic mass is 10.1. The summed E-state index contributed by atoms with van der Waals surface area (Å²) >= 11 is 4.48. The normalized spacial score (nSPS) is 8.92. The van der Waals surface area contributed by atoms with Crippen molar-refractivity contribution in [2.75, 3.05) is 27.3 Å². The molecule has 0 heterocycles. The Hall–Kier alpha value is -2.20. The monoisotopic (exact) mass is 360 g/mol. The third-order valence-corrected chi connectivity index (χ3v) is 3.49. The fourth-order valence-electron chi connectivity index (χ4n) is 2.20. The first-order valence-electron chi connectivity index (χ1n) is 7.74. The summed E-state index contributed by atoms with van der Waals surface area (Å²) in [5.41, 5.74) is 7.76. The molecular weight excluding hydrogens is 332 g/mol. The molecule has 0 unspecified atom stereocenters. The van der Waals surface area contributed by atoms with Crippen molar-refractivity contribution in [2.45, 2.75) is 20.3 Å². The van der Waals surface area contributed by atoms with E-state index >= 15 is 0 Å². The van der Waals surface area contributed by atoms with Gasteiger partial charge in [-0.25, -0.2) is 4.99 Å². The number of hydrogen-bond donors (Lipinski definition) is 1. The van der Waals surface area contributed by atoms with Gasteiger partial charge in [0.05, 0.1) is 25.9 Å². The van der Waals surface area contributed by atoms with Gasteiger partial charge in [0.1, 0.15) is 11.5 Å². The van der Waals surface area contributed by atoms with E-state index in [9.17, 15) is 0 Å². The van der Waals surface area contributed by atoms with Crippen molar-refractivity contribution in [2.24, 2.45) is 10.7 Å². The topological polar surface area (TPSA) is 56.8 Å². The van der Waals surface area contributed by atoms with Crippen molar-refractivity contribution in [3.05, 3.63) is 59.7 Å². The minimum Gasteiger partial charge on any atom is -0.496 e. The molecular formula is C20H28N2O2S. The number of aliphatic imine (C=N–C) groups is 1. The maximum absolute atomic E-state index is 5.43. The molecule has 0 amide bonds. The van der Waals surface area contributed by atoms with Crippen LogP contribution >= 0.6 is 12.2 Å². The van der Waals surface area contributed by atoms with Crippen molar-refractivity contribution in [1.29, 1.82) is 0 Å². The second-order valence-electron chi connectivity index (χ2n) is 4.89. The minimum atomic E-state index is 0. The average molecular weight is 361 g/mol. The van der Waals surface area contributed by atoms with Gasteiger partial charge >= 0.3 is 0 Å². The van der Waals surface area contributed by atoms with Gasteiger partial charge in [0.15, 0.2) is 0 Å². The van der Waals surface area contributed by atoms with Crippen LogP contribution in [0.5, 0.6) is 11.5 Å². The predicted molar refractivity (Wildman–Crippen MR) is 109 cm³/mol. The number of para-hydroxylation sites is 2. The van der Waals surface area contributed by atoms with Crippen molar-refractivity contribution < 1.29 is 9.47 Å². The molecule has 2 aromatic carbocycles. The van der Waals surface area contributed by atoms with Gasteiger partial charge in [0, 0.05) is 0 Å². The molecule has 4 nitrogen and oxygen atoms in total. The zero-order chi connectivity index (χ0) is 17.6. The third kappa shape index (κ3) is 8.45. The SMILES string of the molecule is C.COc1ccccc1CCN.COc1ccccc1CCN=C=S. The van der Waals surface area contributed by atoms with Crippen LogP contribution in [0.25, 0.3) is 0 Å². The molecule has 25 heavy (non-hydrogen) atoms. The quantitative estimate of drug-likeness (QED) is 0.595. The lowest BCUT2D eigenvalue weighted by molar-refractivity contribution is 0.409. The molecule has 0 bridgehead atoms. The van der Waals surface area contributed by atoms with Gasteiger partial charge in [-0.15, -0.1) is 0 Å². The molecule has 2 aromatic rings. The second-order valence-corrected chi connectivity index (χ2v) is 5.07. The van der Waals surface area contributed by atoms with Gasteiger partial charge in [-0.1, -0.05) is 43.8 Å². The highest BCUT2D eigenvalue weighted by atomic mass is 32.1. The van der Waals surface area contributed by atoms with Crippen LogP contribution in [0, 0.1) is 0 Å². The fraction of sp³-hybridized carbons (Fsp3) is 0.350. The molecule has 0 aliphatic heterocycles. The van der Waals surface area contributed by atoms with Crippen LogP contribution in [0.4, 0.5) is 0 Å². The number of thiocarbonyl (C=S) groups is 1. The Bertz CT molecular complexity index is 656. The van der Waals surface area contributed by atoms with Crippen LogP contribution in [0.3, 0.4) is 0 Å². The Morgan fingerprint density at radius 2 is 1.40 bits per heavy atom. The maximum atomic E-state index is 5.43. The van der Waals surface area contributed by atoms with E-state index in [0.717, 1.165) is 29.9 Å². The highest BCUT2D eigenvalue weighted by molar-refractivity contribution is 7.78. The summed E-state index contributed by atoms with van der Waals surface area (Å²) < 4.78 is 10.3. The van der Waals surface area contributed by atoms with Crippen LogP contribution in [0.15, 0.2) is 53.5 Å². The number of benzene rings is 2. The summed E-state index contributed by atoms with van der Waals surface area (Å²) in [4.78, 5) is 3.85. The van der Waals surface area contributed by atoms with E-state index in [-0.39, 0.29) is 7.43 Å². The number of ether oxygens (including phenoxy) is 2. The smallest absolute Gasteiger partial charge is 0.122 e. The molecule has 2 N–H and O–H groups in total. The van der Waals surface area contributed by atoms with E-state index in [1.807, 2.05) is 48.5 Å². The summed E-state index contributed by atoms with van der Waals surface area (Å²) in [6.45, 7) is 1.34. The first-order valence-corrected chi connectivity index (χ1v) is 8.15. The average Bonchev–Trinajstić information content (AvgIpc) is 2.63. The first kappa shape index (κ1) is 22.8. The molecule has 5 heteroatoms. The van der Waals surface area contributed by atoms with Crippen LogP contribution in [0.2, 0.25) is 0 Å². The molecule has 0 atom stereocenters. The first-order chi connectivity index (χ1) is 11.8. The van der Waals surface area contributed by atoms with E-state index < -0.39 is 0 Å². The highest BCUT2D eigenvalue weighted by Gasteiger charge is 1.99. The van der Waals surface area contributed by atoms with E-state index in [1.165, 1.54) is 5.56 Å². The van der Waals surface area contributed by atoms with Crippen molar-refractivity contribution >= 4 is 17.4 Å². The molecule has 0 aliphatic carbocycles. The molecule has 0 fully saturated rings. The number of rotatable bonds is 7. The lowest BCUT2D eigenvalue weighted by Crippen LogP contribution is -2.03. The Morgan fingerprint density at radius 3 is 1.84 bits per heavy atom. The van der Waals surface area contributed by atoms with E-state index in [4.69, 9.17) is 15.2 Å². The maximum Gasteiger partial charge on any atom is 0.122 e. The standard InChI is InChI=1S/C10H11NOS.C9H13NO.CH4/c1-12-10-5-3-2-4-9(10)6-7-11-8-13;1-11-9-5-3-2-4-8(9)6-7-10;/h2-5H,6-7H2,1H3;2-5H,6-7,10H2,1H3;1H4. The molecule has 0 aromatic heterocycles. The van der Waals surface area contributed by atoms with Gasteiger partial charge in [0.25, 0.3) is 0 Å². The molecule has 0 radical (unpaired) electrons. The number of hydrogen-bond acceptors (Lipinski definition) is 5. The summed E-state index contributed by atoms with van der Waals surface area (Å²) in [5, 5.41) is 2.34. The van der Waals surface area contributed by atoms with Gasteiger partial charge in [-0.2, -0.15) is 0 Å². The van der Waals surface area contributed by atoms with E-state index in [0.29, 0.717) is 13.1 Å². The Kier molecular flexibility index (Phi) is 12.9. The summed E-state index contributed by atoms with van der Waals surface area (Å²) in [6, 6.07) is 15.8. The predicted octanol–water partition coefficient (Wildman–Crippen LogP) is 4.17. The van der Waals surface area contributed by atoms with Crippen LogP contribution < -0.4 is 15.2 Å². The number of isothiocyanates is 1. The summed E-state index contributed by atoms with van der Waals surface area (Å²) in [5.74, 6) is 1.83. The number of methoxy groups -OCH3 is 2. The van der Waals surface area contributed by atoms with Gasteiger partial charge in [-0.3, -0.25) is 0 Å². The van der Waals surface area contributed by atoms with Gasteiger partial charge < -0.3 is 15.2 Å². The minimum absolute atomic E-state index is 0. The number of nitrogens with two attached hydrogens (primary N) is 1. The molecule has 2 rings (SSSR count). The van der Waals surface area contributed by atoms with Crippen LogP contribution in [-0.4, -0.2) is 32.5 Å². The summed E-state index contributed by atoms with van der Waals surface area (Å²) in [6.07, 6.45) is 1.72. The van der Waals surface area contributed by atoms with Crippen LogP contribution in [0.1, 0.15) is 18.6 Å². The van der Waals surface area contributed by atoms with Crippen molar-refractivity contribution in [3.63, 3.8) is 0 Å². The zero-order valence-electron chi connectivity index (χ0n) is 14.2. The summed E-state index contributed by atoms with van der Waals surface area (Å²) in [7, 11) is 3.34. The highest BCUT2D eigenvalue weighted by Crippen LogP contribution is 2.17. The largest absolute Gasteiger partial charge is 0.496 e. The molecule has 0 saturated carbocycles. The third-order valence-electron chi connectivity index (χ3n) is 3.36. The number of nitrogens with zero attached hydrogens (tertiary/aromatic N) is 1.